The van der Waals surface area contributed by atoms with E-state index in [9.17, 15) is 9.59 Å². The van der Waals surface area contributed by atoms with Gasteiger partial charge in [0.25, 0.3) is 6.01 Å². The third kappa shape index (κ3) is 4.82. The molecule has 0 spiro atoms. The van der Waals surface area contributed by atoms with Crippen molar-refractivity contribution in [3.05, 3.63) is 97.8 Å². The second-order valence-corrected chi connectivity index (χ2v) is 10.7. The molecule has 0 amide bonds. The number of ether oxygens (including phenoxy) is 1. The number of hydrogen-bond acceptors (Lipinski definition) is 7. The Morgan fingerprint density at radius 1 is 0.949 bits per heavy atom. The van der Waals surface area contributed by atoms with Crippen LogP contribution in [-0.4, -0.2) is 21.6 Å². The van der Waals surface area contributed by atoms with Gasteiger partial charge in [0, 0.05) is 0 Å². The fourth-order valence-corrected chi connectivity index (χ4v) is 4.85. The van der Waals surface area contributed by atoms with Crippen molar-refractivity contribution in [1.29, 1.82) is 0 Å². The largest absolute Gasteiger partial charge is 0.459 e. The molecule has 0 radical (unpaired) electrons. The van der Waals surface area contributed by atoms with Crippen molar-refractivity contribution in [2.24, 2.45) is 0 Å². The summed E-state index contributed by atoms with van der Waals surface area (Å²) in [6, 6.07) is 15.7. The minimum absolute atomic E-state index is 0.0392. The molecule has 202 valence electrons. The van der Waals surface area contributed by atoms with Gasteiger partial charge in [-0.25, -0.2) is 14.2 Å². The van der Waals surface area contributed by atoms with Gasteiger partial charge in [-0.15, -0.1) is 0 Å². The summed E-state index contributed by atoms with van der Waals surface area (Å²) in [6.45, 7) is 12.0. The molecule has 39 heavy (non-hydrogen) atoms. The molecule has 2 N–H and O–H groups in total. The number of rotatable bonds is 6. The van der Waals surface area contributed by atoms with Crippen LogP contribution in [0.5, 0.6) is 0 Å². The Kier molecular flexibility index (Phi) is 6.80. The van der Waals surface area contributed by atoms with E-state index in [1.165, 1.54) is 10.1 Å². The van der Waals surface area contributed by atoms with Crippen molar-refractivity contribution in [3.63, 3.8) is 0 Å². The summed E-state index contributed by atoms with van der Waals surface area (Å²) in [5.41, 5.74) is 9.92. The number of fused-ring (bicyclic) bond motifs is 3. The molecule has 8 nitrogen and oxygen atoms in total. The van der Waals surface area contributed by atoms with E-state index in [1.54, 1.807) is 19.9 Å². The Balaban J connectivity index is 1.81. The van der Waals surface area contributed by atoms with Crippen molar-refractivity contribution in [2.45, 2.75) is 65.4 Å². The number of hydrogen-bond donors (Lipinski definition) is 1. The van der Waals surface area contributed by atoms with Crippen LogP contribution in [0.15, 0.2) is 62.2 Å². The van der Waals surface area contributed by atoms with Crippen LogP contribution < -0.4 is 22.3 Å². The highest BCUT2D eigenvalue weighted by atomic mass is 16.5. The lowest BCUT2D eigenvalue weighted by molar-refractivity contribution is -0.140. The van der Waals surface area contributed by atoms with Crippen LogP contribution in [0.25, 0.3) is 17.5 Å². The van der Waals surface area contributed by atoms with E-state index in [1.807, 2.05) is 48.5 Å². The maximum absolute atomic E-state index is 13.6. The molecule has 4 aromatic rings. The molecule has 1 atom stereocenters. The van der Waals surface area contributed by atoms with Crippen LogP contribution in [0.4, 0.5) is 6.01 Å². The predicted octanol–water partition coefficient (Wildman–Crippen LogP) is 4.32. The minimum Gasteiger partial charge on any atom is -0.459 e. The first-order chi connectivity index (χ1) is 18.5. The van der Waals surface area contributed by atoms with Gasteiger partial charge in [0.1, 0.15) is 16.6 Å². The first kappa shape index (κ1) is 26.3. The minimum atomic E-state index is -0.711. The zero-order chi connectivity index (χ0) is 28.0. The first-order valence-corrected chi connectivity index (χ1v) is 13.2. The highest BCUT2D eigenvalue weighted by Gasteiger charge is 2.40. The first-order valence-electron chi connectivity index (χ1n) is 13.2. The van der Waals surface area contributed by atoms with Gasteiger partial charge < -0.3 is 19.3 Å². The van der Waals surface area contributed by atoms with Gasteiger partial charge >= 0.3 is 11.6 Å². The molecule has 3 heterocycles. The number of carbonyl (C=O) groups is 1. The molecule has 0 saturated carbocycles. The molecule has 5 rings (SSSR count). The normalized spacial score (nSPS) is 15.3. The SMILES string of the molecule is CC(C)OC(=O)C1=c2oc(=O)/c(=C\c3ccc(C(C)C)cc3)n2-c2oc(N)nc2[C@H]1c1ccc(C(C)C)cc1. The monoisotopic (exact) mass is 527 g/mol. The van der Waals surface area contributed by atoms with Crippen molar-refractivity contribution in [3.8, 4) is 5.88 Å². The second-order valence-electron chi connectivity index (χ2n) is 10.7. The van der Waals surface area contributed by atoms with E-state index >= 15 is 0 Å². The lowest BCUT2D eigenvalue weighted by Gasteiger charge is -2.23. The fourth-order valence-electron chi connectivity index (χ4n) is 4.85. The second kappa shape index (κ2) is 10.1. The Morgan fingerprint density at radius 3 is 2.10 bits per heavy atom. The molecular weight excluding hydrogens is 494 g/mol. The summed E-state index contributed by atoms with van der Waals surface area (Å²) < 4.78 is 18.7. The smallest absolute Gasteiger partial charge is 0.362 e. The van der Waals surface area contributed by atoms with Crippen LogP contribution in [0, 0.1) is 0 Å². The van der Waals surface area contributed by atoms with Crippen LogP contribution in [0.3, 0.4) is 0 Å². The number of nitrogen functional groups attached to an aromatic ring is 1. The number of carbonyl (C=O) groups excluding carboxylic acids is 1. The van der Waals surface area contributed by atoms with Gasteiger partial charge in [-0.2, -0.15) is 4.98 Å². The topological polar surface area (TPSA) is 113 Å². The van der Waals surface area contributed by atoms with Crippen LogP contribution in [0.2, 0.25) is 0 Å². The molecule has 1 aliphatic heterocycles. The lowest BCUT2D eigenvalue weighted by atomic mass is 9.86. The van der Waals surface area contributed by atoms with Gasteiger partial charge in [0.15, 0.2) is 0 Å². The Hall–Kier alpha value is -4.33. The number of nitrogens with zero attached hydrogens (tertiary/aromatic N) is 2. The summed E-state index contributed by atoms with van der Waals surface area (Å²) in [4.78, 5) is 31.3. The third-order valence-corrected chi connectivity index (χ3v) is 6.89. The standard InChI is InChI=1S/C31H33N3O5/c1-16(2)20-9-7-19(8-10-20)15-23-29(35)38-27-25(30(36)37-18(5)6)24(22-13-11-21(12-14-22)17(3)4)26-28(34(23)27)39-31(32)33-26/h7-18,24H,1-6H3,(H2,32,33)/b23-15+/t24-/m0/s1. The third-order valence-electron chi connectivity index (χ3n) is 6.89. The maximum atomic E-state index is 13.6. The fraction of sp³-hybridized carbons (Fsp3) is 0.323. The number of aromatic nitrogens is 2. The Labute approximate surface area is 226 Å². The average molecular weight is 528 g/mol. The van der Waals surface area contributed by atoms with E-state index in [-0.39, 0.29) is 28.4 Å². The molecule has 0 fully saturated rings. The van der Waals surface area contributed by atoms with E-state index in [2.05, 4.69) is 32.7 Å². The van der Waals surface area contributed by atoms with Gasteiger partial charge in [-0.1, -0.05) is 76.2 Å². The molecule has 0 bridgehead atoms. The lowest BCUT2D eigenvalue weighted by Crippen LogP contribution is -2.38. The van der Waals surface area contributed by atoms with Crippen molar-refractivity contribution >= 4 is 23.6 Å². The van der Waals surface area contributed by atoms with Gasteiger partial charge in [-0.3, -0.25) is 0 Å². The van der Waals surface area contributed by atoms with E-state index in [4.69, 9.17) is 19.3 Å². The van der Waals surface area contributed by atoms with Gasteiger partial charge in [0.05, 0.1) is 12.0 Å². The molecule has 0 saturated heterocycles. The summed E-state index contributed by atoms with van der Waals surface area (Å²) in [7, 11) is 0. The van der Waals surface area contributed by atoms with Crippen molar-refractivity contribution in [2.75, 3.05) is 5.73 Å². The zero-order valence-corrected chi connectivity index (χ0v) is 23.0. The number of nitrogens with two attached hydrogens (primary N) is 1. The van der Waals surface area contributed by atoms with Crippen LogP contribution >= 0.6 is 0 Å². The Bertz CT molecular complexity index is 1700. The van der Waals surface area contributed by atoms with Crippen LogP contribution in [-0.2, 0) is 9.53 Å². The number of benzene rings is 2. The molecule has 8 heteroatoms. The van der Waals surface area contributed by atoms with Gasteiger partial charge in [0.2, 0.25) is 11.4 Å². The zero-order valence-electron chi connectivity index (χ0n) is 23.0. The molecular formula is C31H33N3O5. The van der Waals surface area contributed by atoms with Crippen molar-refractivity contribution in [1.82, 2.24) is 9.55 Å². The number of esters is 1. The van der Waals surface area contributed by atoms with E-state index < -0.39 is 23.6 Å². The van der Waals surface area contributed by atoms with E-state index in [0.717, 1.165) is 16.7 Å². The summed E-state index contributed by atoms with van der Waals surface area (Å²) >= 11 is 0. The summed E-state index contributed by atoms with van der Waals surface area (Å²) in [6.07, 6.45) is 1.31. The molecule has 0 unspecified atom stereocenters. The maximum Gasteiger partial charge on any atom is 0.362 e. The van der Waals surface area contributed by atoms with E-state index in [0.29, 0.717) is 17.5 Å². The highest BCUT2D eigenvalue weighted by Crippen LogP contribution is 2.39. The molecule has 2 aromatic carbocycles. The average Bonchev–Trinajstić information content (AvgIpc) is 3.41. The van der Waals surface area contributed by atoms with Crippen LogP contribution in [0.1, 0.15) is 87.2 Å². The van der Waals surface area contributed by atoms with Crippen molar-refractivity contribution < 1.29 is 18.4 Å². The molecule has 0 aliphatic carbocycles. The molecule has 2 aromatic heterocycles. The quantitative estimate of drug-likeness (QED) is 0.372. The summed E-state index contributed by atoms with van der Waals surface area (Å²) in [5.74, 6) is -0.373. The molecule has 1 aliphatic rings. The number of anilines is 1. The summed E-state index contributed by atoms with van der Waals surface area (Å²) in [5, 5.41) is 0.183. The van der Waals surface area contributed by atoms with Gasteiger partial charge in [-0.05, 0) is 54.0 Å². The predicted molar refractivity (Wildman–Crippen MR) is 149 cm³/mol. The number of oxazole rings is 2. The Morgan fingerprint density at radius 2 is 1.54 bits per heavy atom. The highest BCUT2D eigenvalue weighted by molar-refractivity contribution is 6.12.